The third kappa shape index (κ3) is 5.36. The zero-order valence-electron chi connectivity index (χ0n) is 11.8. The van der Waals surface area contributed by atoms with Crippen LogP contribution in [0.4, 0.5) is 0 Å². The van der Waals surface area contributed by atoms with E-state index in [2.05, 4.69) is 12.2 Å². The van der Waals surface area contributed by atoms with E-state index in [1.807, 2.05) is 7.05 Å². The first kappa shape index (κ1) is 15.4. The summed E-state index contributed by atoms with van der Waals surface area (Å²) < 4.78 is 10.5. The van der Waals surface area contributed by atoms with Gasteiger partial charge in [0.1, 0.15) is 6.61 Å². The molecule has 0 bridgehead atoms. The van der Waals surface area contributed by atoms with Crippen molar-refractivity contribution in [2.24, 2.45) is 0 Å². The van der Waals surface area contributed by atoms with Gasteiger partial charge >= 0.3 is 5.97 Å². The summed E-state index contributed by atoms with van der Waals surface area (Å²) in [4.78, 5) is 11.8. The van der Waals surface area contributed by atoms with E-state index in [1.165, 1.54) is 19.3 Å². The van der Waals surface area contributed by atoms with Crippen LogP contribution in [-0.2, 0) is 14.3 Å². The lowest BCUT2D eigenvalue weighted by molar-refractivity contribution is -0.147. The Bertz CT molecular complexity index is 237. The van der Waals surface area contributed by atoms with Gasteiger partial charge in [-0.15, -0.1) is 0 Å². The van der Waals surface area contributed by atoms with Gasteiger partial charge in [-0.05, 0) is 26.3 Å². The van der Waals surface area contributed by atoms with Crippen molar-refractivity contribution >= 4 is 5.97 Å². The highest BCUT2D eigenvalue weighted by molar-refractivity contribution is 5.71. The zero-order chi connectivity index (χ0) is 13.3. The minimum atomic E-state index is -0.105. The monoisotopic (exact) mass is 257 g/mol. The number of hydrogen-bond acceptors (Lipinski definition) is 4. The first-order valence-corrected chi connectivity index (χ1v) is 7.15. The molecule has 0 saturated heterocycles. The van der Waals surface area contributed by atoms with E-state index in [9.17, 15) is 4.79 Å². The van der Waals surface area contributed by atoms with Crippen LogP contribution in [0.5, 0.6) is 0 Å². The molecule has 1 N–H and O–H groups in total. The van der Waals surface area contributed by atoms with Gasteiger partial charge in [-0.25, -0.2) is 0 Å². The third-order valence-corrected chi connectivity index (χ3v) is 3.66. The van der Waals surface area contributed by atoms with E-state index in [4.69, 9.17) is 9.47 Å². The van der Waals surface area contributed by atoms with Crippen LogP contribution in [0.25, 0.3) is 0 Å². The SMILES string of the molecule is CCCOCCOC(=O)CC1(NC)CCCCC1. The van der Waals surface area contributed by atoms with E-state index in [-0.39, 0.29) is 11.5 Å². The summed E-state index contributed by atoms with van der Waals surface area (Å²) in [6, 6.07) is 0. The maximum atomic E-state index is 11.8. The van der Waals surface area contributed by atoms with Crippen molar-refractivity contribution in [2.75, 3.05) is 26.9 Å². The van der Waals surface area contributed by atoms with Gasteiger partial charge in [0.15, 0.2) is 0 Å². The summed E-state index contributed by atoms with van der Waals surface area (Å²) in [7, 11) is 1.95. The standard InChI is InChI=1S/C14H27NO3/c1-3-9-17-10-11-18-13(16)12-14(15-2)7-5-4-6-8-14/h15H,3-12H2,1-2H3. The van der Waals surface area contributed by atoms with Crippen molar-refractivity contribution in [3.05, 3.63) is 0 Å². The molecule has 1 aliphatic carbocycles. The molecule has 18 heavy (non-hydrogen) atoms. The fourth-order valence-electron chi connectivity index (χ4n) is 2.53. The van der Waals surface area contributed by atoms with E-state index in [0.717, 1.165) is 25.9 Å². The van der Waals surface area contributed by atoms with Crippen LogP contribution in [0.1, 0.15) is 51.9 Å². The molecule has 0 aromatic heterocycles. The topological polar surface area (TPSA) is 47.6 Å². The molecule has 1 fully saturated rings. The van der Waals surface area contributed by atoms with Gasteiger partial charge in [-0.1, -0.05) is 26.2 Å². The Hall–Kier alpha value is -0.610. The molecule has 1 saturated carbocycles. The summed E-state index contributed by atoms with van der Waals surface area (Å²) in [5.41, 5.74) is -0.0282. The summed E-state index contributed by atoms with van der Waals surface area (Å²) in [6.45, 7) is 3.68. The molecule has 0 amide bonds. The molecule has 106 valence electrons. The second-order valence-corrected chi connectivity index (χ2v) is 5.10. The van der Waals surface area contributed by atoms with Crippen molar-refractivity contribution < 1.29 is 14.3 Å². The van der Waals surface area contributed by atoms with Crippen molar-refractivity contribution in [3.63, 3.8) is 0 Å². The second-order valence-electron chi connectivity index (χ2n) is 5.10. The molecular weight excluding hydrogens is 230 g/mol. The molecule has 0 spiro atoms. The normalized spacial score (nSPS) is 18.6. The van der Waals surface area contributed by atoms with E-state index in [1.54, 1.807) is 0 Å². The molecule has 0 aromatic rings. The van der Waals surface area contributed by atoms with Crippen LogP contribution >= 0.6 is 0 Å². The van der Waals surface area contributed by atoms with Crippen LogP contribution in [-0.4, -0.2) is 38.4 Å². The Balaban J connectivity index is 2.20. The smallest absolute Gasteiger partial charge is 0.307 e. The molecule has 4 heteroatoms. The lowest BCUT2D eigenvalue weighted by Crippen LogP contribution is -2.46. The van der Waals surface area contributed by atoms with Crippen LogP contribution in [0.3, 0.4) is 0 Å². The average molecular weight is 257 g/mol. The Morgan fingerprint density at radius 1 is 1.17 bits per heavy atom. The fraction of sp³-hybridized carbons (Fsp3) is 0.929. The van der Waals surface area contributed by atoms with Crippen molar-refractivity contribution in [1.29, 1.82) is 0 Å². The predicted molar refractivity (Wildman–Crippen MR) is 71.6 cm³/mol. The largest absolute Gasteiger partial charge is 0.463 e. The van der Waals surface area contributed by atoms with Gasteiger partial charge in [0, 0.05) is 12.1 Å². The molecule has 4 nitrogen and oxygen atoms in total. The summed E-state index contributed by atoms with van der Waals surface area (Å²) >= 11 is 0. The van der Waals surface area contributed by atoms with Crippen molar-refractivity contribution in [1.82, 2.24) is 5.32 Å². The highest BCUT2D eigenvalue weighted by Crippen LogP contribution is 2.30. The van der Waals surface area contributed by atoms with E-state index >= 15 is 0 Å². The summed E-state index contributed by atoms with van der Waals surface area (Å²) in [5, 5.41) is 3.33. The number of carbonyl (C=O) groups is 1. The Labute approximate surface area is 110 Å². The van der Waals surface area contributed by atoms with E-state index in [0.29, 0.717) is 19.6 Å². The molecule has 0 unspecified atom stereocenters. The number of hydrogen-bond donors (Lipinski definition) is 1. The molecule has 0 atom stereocenters. The lowest BCUT2D eigenvalue weighted by Gasteiger charge is -2.36. The number of carbonyl (C=O) groups excluding carboxylic acids is 1. The first-order valence-electron chi connectivity index (χ1n) is 7.15. The highest BCUT2D eigenvalue weighted by atomic mass is 16.6. The van der Waals surface area contributed by atoms with Crippen LogP contribution in [0.2, 0.25) is 0 Å². The number of rotatable bonds is 8. The molecule has 0 aromatic carbocycles. The van der Waals surface area contributed by atoms with Crippen LogP contribution in [0.15, 0.2) is 0 Å². The van der Waals surface area contributed by atoms with Gasteiger partial charge in [-0.2, -0.15) is 0 Å². The first-order chi connectivity index (χ1) is 8.72. The van der Waals surface area contributed by atoms with Crippen molar-refractivity contribution in [2.45, 2.75) is 57.4 Å². The van der Waals surface area contributed by atoms with Crippen molar-refractivity contribution in [3.8, 4) is 0 Å². The van der Waals surface area contributed by atoms with Gasteiger partial charge in [0.25, 0.3) is 0 Å². The van der Waals surface area contributed by atoms with Crippen LogP contribution < -0.4 is 5.32 Å². The van der Waals surface area contributed by atoms with Gasteiger partial charge in [0.05, 0.1) is 13.0 Å². The molecule has 0 heterocycles. The van der Waals surface area contributed by atoms with Crippen LogP contribution in [0, 0.1) is 0 Å². The van der Waals surface area contributed by atoms with E-state index < -0.39 is 0 Å². The minimum Gasteiger partial charge on any atom is -0.463 e. The summed E-state index contributed by atoms with van der Waals surface area (Å²) in [5.74, 6) is -0.105. The molecule has 1 rings (SSSR count). The minimum absolute atomic E-state index is 0.0282. The number of nitrogens with one attached hydrogen (secondary N) is 1. The summed E-state index contributed by atoms with van der Waals surface area (Å²) in [6.07, 6.45) is 7.31. The molecular formula is C14H27NO3. The quantitative estimate of drug-likeness (QED) is 0.535. The third-order valence-electron chi connectivity index (χ3n) is 3.66. The average Bonchev–Trinajstić information content (AvgIpc) is 2.39. The Kier molecular flexibility index (Phi) is 7.28. The lowest BCUT2D eigenvalue weighted by atomic mass is 9.79. The highest BCUT2D eigenvalue weighted by Gasteiger charge is 2.33. The van der Waals surface area contributed by atoms with Gasteiger partial charge in [-0.3, -0.25) is 4.79 Å². The molecule has 0 radical (unpaired) electrons. The number of ether oxygens (including phenoxy) is 2. The Morgan fingerprint density at radius 2 is 1.89 bits per heavy atom. The number of esters is 1. The second kappa shape index (κ2) is 8.48. The fourth-order valence-corrected chi connectivity index (χ4v) is 2.53. The van der Waals surface area contributed by atoms with Gasteiger partial charge < -0.3 is 14.8 Å². The zero-order valence-corrected chi connectivity index (χ0v) is 11.8. The molecule has 0 aliphatic heterocycles. The maximum absolute atomic E-state index is 11.8. The predicted octanol–water partition coefficient (Wildman–Crippen LogP) is 2.27. The Morgan fingerprint density at radius 3 is 2.50 bits per heavy atom. The van der Waals surface area contributed by atoms with Gasteiger partial charge in [0.2, 0.25) is 0 Å². The maximum Gasteiger partial charge on any atom is 0.307 e. The molecule has 1 aliphatic rings.